The fourth-order valence-corrected chi connectivity index (χ4v) is 2.04. The number of rotatable bonds is 5. The van der Waals surface area contributed by atoms with Crippen LogP contribution in [0.3, 0.4) is 0 Å². The molecule has 2 heteroatoms. The Hall–Kier alpha value is -0.340. The van der Waals surface area contributed by atoms with E-state index in [1.807, 2.05) is 0 Å². The van der Waals surface area contributed by atoms with E-state index in [2.05, 4.69) is 45.5 Å². The molecular formula is C12H16BrN. The van der Waals surface area contributed by atoms with Gasteiger partial charge in [0.15, 0.2) is 0 Å². The Labute approximate surface area is 94.0 Å². The van der Waals surface area contributed by atoms with Gasteiger partial charge in [0.05, 0.1) is 0 Å². The third-order valence-corrected chi connectivity index (χ3v) is 3.14. The fraction of sp³-hybridized carbons (Fsp3) is 0.500. The van der Waals surface area contributed by atoms with E-state index >= 15 is 0 Å². The lowest BCUT2D eigenvalue weighted by Gasteiger charge is -2.04. The minimum atomic E-state index is 0.992. The number of nitrogens with one attached hydrogen (secondary N) is 1. The summed E-state index contributed by atoms with van der Waals surface area (Å²) in [6.45, 7) is 2.16. The maximum atomic E-state index is 3.48. The predicted molar refractivity (Wildman–Crippen MR) is 63.2 cm³/mol. The monoisotopic (exact) mass is 253 g/mol. The van der Waals surface area contributed by atoms with Crippen LogP contribution in [0.2, 0.25) is 0 Å². The van der Waals surface area contributed by atoms with Crippen LogP contribution >= 0.6 is 15.9 Å². The highest BCUT2D eigenvalue weighted by Crippen LogP contribution is 2.31. The van der Waals surface area contributed by atoms with Crippen molar-refractivity contribution in [2.45, 2.75) is 25.8 Å². The van der Waals surface area contributed by atoms with Crippen molar-refractivity contribution < 1.29 is 0 Å². The van der Waals surface area contributed by atoms with E-state index in [1.165, 1.54) is 29.3 Å². The van der Waals surface area contributed by atoms with E-state index in [0.717, 1.165) is 19.0 Å². The van der Waals surface area contributed by atoms with Crippen LogP contribution in [-0.2, 0) is 6.54 Å². The molecular weight excluding hydrogens is 238 g/mol. The predicted octanol–water partition coefficient (Wildman–Crippen LogP) is 3.34. The maximum Gasteiger partial charge on any atom is 0.0205 e. The van der Waals surface area contributed by atoms with E-state index < -0.39 is 0 Å². The zero-order valence-corrected chi connectivity index (χ0v) is 9.89. The summed E-state index contributed by atoms with van der Waals surface area (Å²) in [6, 6.07) is 8.48. The molecule has 0 atom stereocenters. The summed E-state index contributed by atoms with van der Waals surface area (Å²) in [4.78, 5) is 0. The summed E-state index contributed by atoms with van der Waals surface area (Å²) in [7, 11) is 0. The molecule has 0 amide bonds. The Bertz CT molecular complexity index is 294. The van der Waals surface area contributed by atoms with Crippen LogP contribution in [0.5, 0.6) is 0 Å². The Balaban J connectivity index is 1.68. The van der Waals surface area contributed by atoms with Crippen LogP contribution in [0.15, 0.2) is 28.7 Å². The number of hydrogen-bond donors (Lipinski definition) is 1. The molecule has 1 aromatic rings. The highest BCUT2D eigenvalue weighted by molar-refractivity contribution is 9.10. The van der Waals surface area contributed by atoms with Gasteiger partial charge in [-0.3, -0.25) is 0 Å². The summed E-state index contributed by atoms with van der Waals surface area (Å²) >= 11 is 3.48. The first-order valence-electron chi connectivity index (χ1n) is 5.30. The lowest BCUT2D eigenvalue weighted by molar-refractivity contribution is 0.613. The first kappa shape index (κ1) is 10.2. The van der Waals surface area contributed by atoms with Crippen LogP contribution in [0, 0.1) is 5.92 Å². The average molecular weight is 254 g/mol. The molecule has 1 nitrogen and oxygen atoms in total. The van der Waals surface area contributed by atoms with E-state index in [4.69, 9.17) is 0 Å². The van der Waals surface area contributed by atoms with E-state index in [-0.39, 0.29) is 0 Å². The van der Waals surface area contributed by atoms with Crippen LogP contribution < -0.4 is 5.32 Å². The van der Waals surface area contributed by atoms with Gasteiger partial charge >= 0.3 is 0 Å². The zero-order valence-electron chi connectivity index (χ0n) is 8.30. The van der Waals surface area contributed by atoms with Gasteiger partial charge in [0.25, 0.3) is 0 Å². The third-order valence-electron chi connectivity index (χ3n) is 2.64. The quantitative estimate of drug-likeness (QED) is 0.794. The summed E-state index contributed by atoms with van der Waals surface area (Å²) in [6.07, 6.45) is 4.27. The highest BCUT2D eigenvalue weighted by atomic mass is 79.9. The van der Waals surface area contributed by atoms with E-state index in [9.17, 15) is 0 Å². The molecule has 0 heterocycles. The van der Waals surface area contributed by atoms with Crippen molar-refractivity contribution >= 4 is 15.9 Å². The molecule has 1 aromatic carbocycles. The molecule has 14 heavy (non-hydrogen) atoms. The molecule has 0 radical (unpaired) electrons. The SMILES string of the molecule is Brc1cccc(CNCCC2CC2)c1. The third kappa shape index (κ3) is 3.43. The lowest BCUT2D eigenvalue weighted by Crippen LogP contribution is -2.14. The normalized spacial score (nSPS) is 15.8. The molecule has 0 aromatic heterocycles. The molecule has 1 fully saturated rings. The summed E-state index contributed by atoms with van der Waals surface area (Å²) < 4.78 is 1.17. The van der Waals surface area contributed by atoms with Gasteiger partial charge in [0, 0.05) is 11.0 Å². The number of benzene rings is 1. The summed E-state index contributed by atoms with van der Waals surface area (Å²) in [5, 5.41) is 3.48. The second-order valence-corrected chi connectivity index (χ2v) is 4.95. The van der Waals surface area contributed by atoms with Crippen molar-refractivity contribution in [1.29, 1.82) is 0 Å². The molecule has 0 saturated heterocycles. The molecule has 1 N–H and O–H groups in total. The molecule has 0 bridgehead atoms. The molecule has 1 aliphatic carbocycles. The minimum Gasteiger partial charge on any atom is -0.313 e. The molecule has 76 valence electrons. The second-order valence-electron chi connectivity index (χ2n) is 4.04. The van der Waals surface area contributed by atoms with Crippen molar-refractivity contribution in [1.82, 2.24) is 5.32 Å². The highest BCUT2D eigenvalue weighted by Gasteiger charge is 2.19. The minimum absolute atomic E-state index is 0.992. The van der Waals surface area contributed by atoms with Crippen LogP contribution in [0.1, 0.15) is 24.8 Å². The van der Waals surface area contributed by atoms with Crippen molar-refractivity contribution in [2.24, 2.45) is 5.92 Å². The standard InChI is InChI=1S/C12H16BrN/c13-12-3-1-2-11(8-12)9-14-7-6-10-4-5-10/h1-3,8,10,14H,4-7,9H2. The molecule has 0 unspecified atom stereocenters. The van der Waals surface area contributed by atoms with Gasteiger partial charge in [-0.1, -0.05) is 40.9 Å². The Morgan fingerprint density at radius 3 is 2.93 bits per heavy atom. The van der Waals surface area contributed by atoms with Gasteiger partial charge in [-0.15, -0.1) is 0 Å². The number of halogens is 1. The Morgan fingerprint density at radius 2 is 2.21 bits per heavy atom. The lowest BCUT2D eigenvalue weighted by atomic mass is 10.2. The van der Waals surface area contributed by atoms with Crippen LogP contribution in [-0.4, -0.2) is 6.54 Å². The van der Waals surface area contributed by atoms with Crippen molar-refractivity contribution in [3.05, 3.63) is 34.3 Å². The smallest absolute Gasteiger partial charge is 0.0205 e. The topological polar surface area (TPSA) is 12.0 Å². The van der Waals surface area contributed by atoms with Crippen molar-refractivity contribution in [3.8, 4) is 0 Å². The molecule has 0 spiro atoms. The summed E-state index contributed by atoms with van der Waals surface area (Å²) in [5.74, 6) is 1.03. The molecule has 1 saturated carbocycles. The van der Waals surface area contributed by atoms with Crippen LogP contribution in [0.4, 0.5) is 0 Å². The summed E-state index contributed by atoms with van der Waals surface area (Å²) in [5.41, 5.74) is 1.36. The molecule has 1 aliphatic rings. The van der Waals surface area contributed by atoms with Crippen LogP contribution in [0.25, 0.3) is 0 Å². The first-order chi connectivity index (χ1) is 6.84. The van der Waals surface area contributed by atoms with Gasteiger partial charge in [0.1, 0.15) is 0 Å². The average Bonchev–Trinajstić information content (AvgIpc) is 2.96. The van der Waals surface area contributed by atoms with Crippen molar-refractivity contribution in [3.63, 3.8) is 0 Å². The van der Waals surface area contributed by atoms with Crippen molar-refractivity contribution in [2.75, 3.05) is 6.54 Å². The number of hydrogen-bond acceptors (Lipinski definition) is 1. The van der Waals surface area contributed by atoms with Gasteiger partial charge < -0.3 is 5.32 Å². The van der Waals surface area contributed by atoms with E-state index in [1.54, 1.807) is 0 Å². The van der Waals surface area contributed by atoms with Gasteiger partial charge in [-0.05, 0) is 36.6 Å². The van der Waals surface area contributed by atoms with Gasteiger partial charge in [-0.25, -0.2) is 0 Å². The van der Waals surface area contributed by atoms with Gasteiger partial charge in [-0.2, -0.15) is 0 Å². The zero-order chi connectivity index (χ0) is 9.80. The Kier molecular flexibility index (Phi) is 3.60. The maximum absolute atomic E-state index is 3.48. The van der Waals surface area contributed by atoms with E-state index in [0.29, 0.717) is 0 Å². The fourth-order valence-electron chi connectivity index (χ4n) is 1.59. The molecule has 2 rings (SSSR count). The molecule has 0 aliphatic heterocycles. The first-order valence-corrected chi connectivity index (χ1v) is 6.09. The second kappa shape index (κ2) is 4.94. The Morgan fingerprint density at radius 1 is 1.36 bits per heavy atom. The van der Waals surface area contributed by atoms with Gasteiger partial charge in [0.2, 0.25) is 0 Å². The largest absolute Gasteiger partial charge is 0.313 e.